The van der Waals surface area contributed by atoms with Crippen LogP contribution in [0, 0.1) is 5.95 Å². The first-order chi connectivity index (χ1) is 17.0. The molecule has 0 unspecified atom stereocenters. The maximum absolute atomic E-state index is 14.6. The van der Waals surface area contributed by atoms with Gasteiger partial charge in [-0.2, -0.15) is 19.0 Å². The van der Waals surface area contributed by atoms with E-state index in [-0.39, 0.29) is 28.7 Å². The molecule has 0 aliphatic heterocycles. The van der Waals surface area contributed by atoms with Crippen molar-refractivity contribution < 1.29 is 22.6 Å². The number of methoxy groups -OCH3 is 2. The quantitative estimate of drug-likeness (QED) is 0.320. The van der Waals surface area contributed by atoms with Crippen LogP contribution >= 0.6 is 11.3 Å². The molecule has 0 spiro atoms. The Labute approximate surface area is 200 Å². The summed E-state index contributed by atoms with van der Waals surface area (Å²) in [4.78, 5) is 16.6. The Bertz CT molecular complexity index is 1590. The highest BCUT2D eigenvalue weighted by molar-refractivity contribution is 7.18. The van der Waals surface area contributed by atoms with Crippen molar-refractivity contribution in [3.8, 4) is 23.1 Å². The van der Waals surface area contributed by atoms with Crippen LogP contribution in [0.3, 0.4) is 0 Å². The molecule has 6 rings (SSSR count). The summed E-state index contributed by atoms with van der Waals surface area (Å²) in [6, 6.07) is 7.57. The van der Waals surface area contributed by atoms with E-state index in [1.165, 1.54) is 20.4 Å². The van der Waals surface area contributed by atoms with Crippen LogP contribution in [0.1, 0.15) is 40.8 Å². The number of imidazole rings is 1. The third kappa shape index (κ3) is 3.64. The summed E-state index contributed by atoms with van der Waals surface area (Å²) >= 11 is 0.999. The second-order valence-electron chi connectivity index (χ2n) is 8.11. The van der Waals surface area contributed by atoms with Gasteiger partial charge in [-0.05, 0) is 42.0 Å². The van der Waals surface area contributed by atoms with E-state index < -0.39 is 12.4 Å². The van der Waals surface area contributed by atoms with Crippen LogP contribution in [0.4, 0.5) is 13.2 Å². The minimum atomic E-state index is -2.60. The van der Waals surface area contributed by atoms with Gasteiger partial charge in [0.1, 0.15) is 0 Å². The maximum atomic E-state index is 14.6. The molecule has 35 heavy (non-hydrogen) atoms. The molecule has 5 aromatic rings. The number of benzene rings is 1. The molecule has 0 amide bonds. The van der Waals surface area contributed by atoms with Gasteiger partial charge in [-0.1, -0.05) is 6.07 Å². The number of fused-ring (bicyclic) bond motifs is 2. The van der Waals surface area contributed by atoms with Crippen LogP contribution < -0.4 is 9.47 Å². The van der Waals surface area contributed by atoms with Crippen LogP contribution in [-0.2, 0) is 0 Å². The Balaban J connectivity index is 1.41. The highest BCUT2D eigenvalue weighted by atomic mass is 32.1. The van der Waals surface area contributed by atoms with Gasteiger partial charge in [0.25, 0.3) is 6.43 Å². The molecule has 4 heterocycles. The number of ether oxygens (including phenoxy) is 2. The molecule has 1 aliphatic carbocycles. The molecule has 1 aliphatic rings. The Morgan fingerprint density at radius 2 is 1.91 bits per heavy atom. The smallest absolute Gasteiger partial charge is 0.319 e. The van der Waals surface area contributed by atoms with Crippen molar-refractivity contribution in [3.63, 3.8) is 0 Å². The molecule has 178 valence electrons. The molecule has 12 heteroatoms. The van der Waals surface area contributed by atoms with Crippen LogP contribution in [0.15, 0.2) is 36.7 Å². The van der Waals surface area contributed by atoms with Crippen molar-refractivity contribution in [3.05, 3.63) is 58.7 Å². The minimum absolute atomic E-state index is 0.0474. The second kappa shape index (κ2) is 8.15. The van der Waals surface area contributed by atoms with Crippen LogP contribution in [0.2, 0.25) is 0 Å². The van der Waals surface area contributed by atoms with Gasteiger partial charge >= 0.3 is 6.01 Å². The van der Waals surface area contributed by atoms with E-state index >= 15 is 0 Å². The molecule has 2 atom stereocenters. The lowest BCUT2D eigenvalue weighted by molar-refractivity contribution is 0.151. The molecule has 4 aromatic heterocycles. The van der Waals surface area contributed by atoms with E-state index in [0.717, 1.165) is 44.3 Å². The minimum Gasteiger partial charge on any atom is -0.480 e. The van der Waals surface area contributed by atoms with Gasteiger partial charge in [-0.25, -0.2) is 23.7 Å². The normalized spacial score (nSPS) is 17.4. The summed E-state index contributed by atoms with van der Waals surface area (Å²) in [5.74, 6) is -0.178. The zero-order chi connectivity index (χ0) is 24.3. The van der Waals surface area contributed by atoms with Crippen molar-refractivity contribution >= 4 is 27.2 Å². The number of aromatic nitrogens is 6. The number of nitrogens with zero attached hydrogens (tertiary/aromatic N) is 6. The Kier molecular flexibility index (Phi) is 5.06. The standard InChI is InChI=1S/C23H17F3N6O2S/c1-33-21-14(8-28-23(30-21)34-2)16-7-13(20-27-9-18(24)32(20)31-16)12-6-11(12)10-3-4-15-17(5-10)35-22(29-15)19(25)26/h3-5,7-9,11-12,19H,6H2,1-2H3/t11-,12+/m1/s1. The van der Waals surface area contributed by atoms with Gasteiger partial charge in [0.05, 0.1) is 41.9 Å². The van der Waals surface area contributed by atoms with Crippen molar-refractivity contribution in [2.75, 3.05) is 14.2 Å². The first-order valence-corrected chi connectivity index (χ1v) is 11.5. The second-order valence-corrected chi connectivity index (χ2v) is 9.17. The fourth-order valence-electron chi connectivity index (χ4n) is 4.34. The largest absolute Gasteiger partial charge is 0.480 e. The summed E-state index contributed by atoms with van der Waals surface area (Å²) < 4.78 is 53.0. The molecule has 0 N–H and O–H groups in total. The summed E-state index contributed by atoms with van der Waals surface area (Å²) in [7, 11) is 2.91. The molecule has 0 saturated heterocycles. The number of thiazole rings is 1. The Morgan fingerprint density at radius 3 is 2.69 bits per heavy atom. The van der Waals surface area contributed by atoms with Crippen molar-refractivity contribution in [1.29, 1.82) is 0 Å². The van der Waals surface area contributed by atoms with Gasteiger partial charge in [0.15, 0.2) is 10.7 Å². The lowest BCUT2D eigenvalue weighted by Crippen LogP contribution is -2.04. The monoisotopic (exact) mass is 498 g/mol. The van der Waals surface area contributed by atoms with Crippen molar-refractivity contribution in [2.45, 2.75) is 24.7 Å². The molecule has 1 saturated carbocycles. The van der Waals surface area contributed by atoms with E-state index in [0.29, 0.717) is 22.4 Å². The summed E-state index contributed by atoms with van der Waals surface area (Å²) in [6.07, 6.45) is 0.849. The third-order valence-electron chi connectivity index (χ3n) is 6.07. The highest BCUT2D eigenvalue weighted by Crippen LogP contribution is 2.56. The molecule has 0 bridgehead atoms. The molecule has 1 aromatic carbocycles. The van der Waals surface area contributed by atoms with Crippen LogP contribution in [0.5, 0.6) is 11.9 Å². The molecular formula is C23H17F3N6O2S. The summed E-state index contributed by atoms with van der Waals surface area (Å²) in [5, 5.41) is 4.21. The van der Waals surface area contributed by atoms with Crippen LogP contribution in [0.25, 0.3) is 27.1 Å². The zero-order valence-electron chi connectivity index (χ0n) is 18.4. The molecular weight excluding hydrogens is 481 g/mol. The number of alkyl halides is 2. The molecule has 0 radical (unpaired) electrons. The lowest BCUT2D eigenvalue weighted by atomic mass is 10.0. The molecule has 8 nitrogen and oxygen atoms in total. The summed E-state index contributed by atoms with van der Waals surface area (Å²) in [5.41, 5.74) is 3.72. The Morgan fingerprint density at radius 1 is 1.06 bits per heavy atom. The predicted molar refractivity (Wildman–Crippen MR) is 122 cm³/mol. The van der Waals surface area contributed by atoms with Crippen molar-refractivity contribution in [1.82, 2.24) is 29.5 Å². The lowest BCUT2D eigenvalue weighted by Gasteiger charge is -2.11. The SMILES string of the molecule is COc1ncc(-c2cc([C@H]3C[C@@H]3c3ccc4nc(C(F)F)sc4c3)c3ncc(F)n3n2)c(OC)n1. The number of hydrogen-bond acceptors (Lipinski definition) is 8. The van der Waals surface area contributed by atoms with Crippen molar-refractivity contribution in [2.24, 2.45) is 0 Å². The van der Waals surface area contributed by atoms with Gasteiger partial charge in [0.2, 0.25) is 11.8 Å². The number of rotatable bonds is 6. The van der Waals surface area contributed by atoms with E-state index in [1.807, 2.05) is 18.2 Å². The van der Waals surface area contributed by atoms with Gasteiger partial charge in [-0.15, -0.1) is 11.3 Å². The van der Waals surface area contributed by atoms with Gasteiger partial charge < -0.3 is 9.47 Å². The zero-order valence-corrected chi connectivity index (χ0v) is 19.3. The topological polar surface area (TPSA) is 87.3 Å². The van der Waals surface area contributed by atoms with Gasteiger partial charge in [-0.3, -0.25) is 0 Å². The van der Waals surface area contributed by atoms with E-state index in [4.69, 9.17) is 9.47 Å². The molecule has 1 fully saturated rings. The maximum Gasteiger partial charge on any atom is 0.319 e. The summed E-state index contributed by atoms with van der Waals surface area (Å²) in [6.45, 7) is 0. The fraction of sp³-hybridized carbons (Fsp3) is 0.261. The number of hydrogen-bond donors (Lipinski definition) is 0. The third-order valence-corrected chi connectivity index (χ3v) is 7.10. The van der Waals surface area contributed by atoms with E-state index in [9.17, 15) is 13.2 Å². The van der Waals surface area contributed by atoms with E-state index in [2.05, 4.69) is 25.0 Å². The Hall–Kier alpha value is -3.80. The number of halogens is 3. The van der Waals surface area contributed by atoms with Crippen LogP contribution in [-0.4, -0.2) is 43.8 Å². The fourth-order valence-corrected chi connectivity index (χ4v) is 5.21. The predicted octanol–water partition coefficient (Wildman–Crippen LogP) is 5.16. The average Bonchev–Trinajstić information content (AvgIpc) is 3.41. The van der Waals surface area contributed by atoms with E-state index in [1.54, 1.807) is 6.07 Å². The highest BCUT2D eigenvalue weighted by Gasteiger charge is 2.42. The first kappa shape index (κ1) is 21.7. The van der Waals surface area contributed by atoms with Gasteiger partial charge in [0, 0.05) is 11.8 Å². The first-order valence-electron chi connectivity index (χ1n) is 10.6. The average molecular weight is 498 g/mol.